The van der Waals surface area contributed by atoms with Gasteiger partial charge in [0.25, 0.3) is 0 Å². The molecule has 3 rings (SSSR count). The van der Waals surface area contributed by atoms with E-state index in [0.29, 0.717) is 5.28 Å². The van der Waals surface area contributed by atoms with Crippen LogP contribution in [0.5, 0.6) is 0 Å². The zero-order valence-electron chi connectivity index (χ0n) is 12.7. The number of halogens is 1. The summed E-state index contributed by atoms with van der Waals surface area (Å²) < 4.78 is 0. The molecule has 114 valence electrons. The summed E-state index contributed by atoms with van der Waals surface area (Å²) >= 11 is 7.73. The first kappa shape index (κ1) is 15.3. The highest BCUT2D eigenvalue weighted by atomic mass is 35.5. The third kappa shape index (κ3) is 2.94. The second-order valence-corrected chi connectivity index (χ2v) is 6.48. The minimum absolute atomic E-state index is 0.312. The molecule has 0 bridgehead atoms. The predicted molar refractivity (Wildman–Crippen MR) is 96.0 cm³/mol. The van der Waals surface area contributed by atoms with Crippen molar-refractivity contribution < 1.29 is 0 Å². The summed E-state index contributed by atoms with van der Waals surface area (Å²) in [5.74, 6) is 0.920. The van der Waals surface area contributed by atoms with E-state index in [9.17, 15) is 0 Å². The van der Waals surface area contributed by atoms with Crippen molar-refractivity contribution in [3.05, 3.63) is 41.0 Å². The lowest BCUT2D eigenvalue weighted by Gasteiger charge is -2.19. The van der Waals surface area contributed by atoms with Crippen molar-refractivity contribution in [2.75, 3.05) is 18.5 Å². The summed E-state index contributed by atoms with van der Waals surface area (Å²) in [4.78, 5) is 12.0. The van der Waals surface area contributed by atoms with Crippen molar-refractivity contribution >= 4 is 39.0 Å². The molecule has 3 nitrogen and oxygen atoms in total. The van der Waals surface area contributed by atoms with Gasteiger partial charge in [0, 0.05) is 24.5 Å². The molecule has 0 aliphatic heterocycles. The molecule has 0 unspecified atom stereocenters. The topological polar surface area (TPSA) is 29.0 Å². The average Bonchev–Trinajstić information content (AvgIpc) is 2.96. The molecule has 0 aliphatic rings. The quantitative estimate of drug-likeness (QED) is 0.598. The smallest absolute Gasteiger partial charge is 0.225 e. The van der Waals surface area contributed by atoms with E-state index in [0.717, 1.165) is 35.4 Å². The molecule has 3 aromatic rings. The van der Waals surface area contributed by atoms with Gasteiger partial charge in [-0.25, -0.2) is 4.98 Å². The molecule has 0 amide bonds. The SMILES string of the molecule is CCCCN(C)c1nc(Cl)nc2scc(-c3ccccc3)c12. The maximum Gasteiger partial charge on any atom is 0.225 e. The Labute approximate surface area is 139 Å². The Morgan fingerprint density at radius 1 is 1.18 bits per heavy atom. The number of thiophene rings is 1. The van der Waals surface area contributed by atoms with E-state index >= 15 is 0 Å². The van der Waals surface area contributed by atoms with Gasteiger partial charge >= 0.3 is 0 Å². The summed E-state index contributed by atoms with van der Waals surface area (Å²) in [5.41, 5.74) is 2.36. The molecule has 1 aromatic carbocycles. The van der Waals surface area contributed by atoms with Crippen LogP contribution in [0.1, 0.15) is 19.8 Å². The monoisotopic (exact) mass is 331 g/mol. The lowest BCUT2D eigenvalue weighted by Crippen LogP contribution is -2.20. The van der Waals surface area contributed by atoms with Crippen LogP contribution in [0.15, 0.2) is 35.7 Å². The largest absolute Gasteiger partial charge is 0.359 e. The van der Waals surface area contributed by atoms with Crippen molar-refractivity contribution in [1.82, 2.24) is 9.97 Å². The Morgan fingerprint density at radius 3 is 2.68 bits per heavy atom. The maximum atomic E-state index is 6.11. The highest BCUT2D eigenvalue weighted by Crippen LogP contribution is 2.38. The fraction of sp³-hybridized carbons (Fsp3) is 0.294. The first-order valence-corrected chi connectivity index (χ1v) is 8.67. The molecule has 0 fully saturated rings. The molecule has 0 spiro atoms. The van der Waals surface area contributed by atoms with Gasteiger partial charge in [-0.2, -0.15) is 4.98 Å². The number of hydrogen-bond acceptors (Lipinski definition) is 4. The fourth-order valence-corrected chi connectivity index (χ4v) is 3.66. The van der Waals surface area contributed by atoms with Gasteiger partial charge in [0.1, 0.15) is 10.6 Å². The van der Waals surface area contributed by atoms with Crippen LogP contribution in [-0.2, 0) is 0 Å². The molecule has 2 aromatic heterocycles. The van der Waals surface area contributed by atoms with Crippen LogP contribution in [0.4, 0.5) is 5.82 Å². The molecule has 5 heteroatoms. The maximum absolute atomic E-state index is 6.11. The van der Waals surface area contributed by atoms with Crippen molar-refractivity contribution in [3.63, 3.8) is 0 Å². The lowest BCUT2D eigenvalue weighted by molar-refractivity contribution is 0.761. The van der Waals surface area contributed by atoms with Crippen molar-refractivity contribution in [1.29, 1.82) is 0 Å². The molecule has 0 radical (unpaired) electrons. The second-order valence-electron chi connectivity index (χ2n) is 5.29. The Bertz CT molecular complexity index is 770. The van der Waals surface area contributed by atoms with Crippen LogP contribution in [-0.4, -0.2) is 23.6 Å². The number of rotatable bonds is 5. The van der Waals surface area contributed by atoms with Gasteiger partial charge in [-0.1, -0.05) is 43.7 Å². The van der Waals surface area contributed by atoms with Gasteiger partial charge in [-0.15, -0.1) is 11.3 Å². The molecule has 0 aliphatic carbocycles. The van der Waals surface area contributed by atoms with Gasteiger partial charge in [-0.05, 0) is 23.6 Å². The summed E-state index contributed by atoms with van der Waals surface area (Å²) in [6.07, 6.45) is 2.28. The van der Waals surface area contributed by atoms with Crippen LogP contribution in [0.3, 0.4) is 0 Å². The predicted octanol–water partition coefficient (Wildman–Crippen LogP) is 5.25. The zero-order valence-corrected chi connectivity index (χ0v) is 14.3. The fourth-order valence-electron chi connectivity index (χ4n) is 2.51. The van der Waals surface area contributed by atoms with E-state index in [-0.39, 0.29) is 0 Å². The van der Waals surface area contributed by atoms with E-state index in [1.54, 1.807) is 11.3 Å². The third-order valence-corrected chi connectivity index (χ3v) is 4.72. The van der Waals surface area contributed by atoms with Gasteiger partial charge in [0.15, 0.2) is 0 Å². The Balaban J connectivity index is 2.16. The van der Waals surface area contributed by atoms with E-state index in [1.165, 1.54) is 11.1 Å². The molecule has 0 saturated carbocycles. The molecule has 2 heterocycles. The summed E-state index contributed by atoms with van der Waals surface area (Å²) in [5, 5.41) is 3.55. The van der Waals surface area contributed by atoms with Crippen LogP contribution in [0.2, 0.25) is 5.28 Å². The molecule has 22 heavy (non-hydrogen) atoms. The minimum atomic E-state index is 0.312. The minimum Gasteiger partial charge on any atom is -0.359 e. The molecule has 0 N–H and O–H groups in total. The first-order valence-electron chi connectivity index (χ1n) is 7.42. The summed E-state index contributed by atoms with van der Waals surface area (Å²) in [7, 11) is 2.07. The average molecular weight is 332 g/mol. The van der Waals surface area contributed by atoms with Crippen LogP contribution in [0.25, 0.3) is 21.3 Å². The van der Waals surface area contributed by atoms with Gasteiger partial charge in [0.05, 0.1) is 5.39 Å². The van der Waals surface area contributed by atoms with Crippen LogP contribution < -0.4 is 4.90 Å². The summed E-state index contributed by atoms with van der Waals surface area (Å²) in [6, 6.07) is 10.4. The van der Waals surface area contributed by atoms with Gasteiger partial charge < -0.3 is 4.90 Å². The number of benzene rings is 1. The van der Waals surface area contributed by atoms with Crippen molar-refractivity contribution in [2.24, 2.45) is 0 Å². The Morgan fingerprint density at radius 2 is 1.95 bits per heavy atom. The van der Waals surface area contributed by atoms with Crippen LogP contribution >= 0.6 is 22.9 Å². The number of aromatic nitrogens is 2. The molecule has 0 atom stereocenters. The number of unbranched alkanes of at least 4 members (excludes halogenated alkanes) is 1. The van der Waals surface area contributed by atoms with Crippen LogP contribution in [0, 0.1) is 0 Å². The summed E-state index contributed by atoms with van der Waals surface area (Å²) in [6.45, 7) is 3.15. The van der Waals surface area contributed by atoms with E-state index in [4.69, 9.17) is 11.6 Å². The molecular formula is C17H18ClN3S. The number of anilines is 1. The first-order chi connectivity index (χ1) is 10.7. The normalized spacial score (nSPS) is 11.0. The van der Waals surface area contributed by atoms with Crippen molar-refractivity contribution in [2.45, 2.75) is 19.8 Å². The van der Waals surface area contributed by atoms with Crippen molar-refractivity contribution in [3.8, 4) is 11.1 Å². The van der Waals surface area contributed by atoms with Gasteiger partial charge in [-0.3, -0.25) is 0 Å². The van der Waals surface area contributed by atoms with E-state index in [2.05, 4.69) is 58.5 Å². The van der Waals surface area contributed by atoms with E-state index < -0.39 is 0 Å². The number of nitrogens with zero attached hydrogens (tertiary/aromatic N) is 3. The highest BCUT2D eigenvalue weighted by molar-refractivity contribution is 7.17. The van der Waals surface area contributed by atoms with E-state index in [1.807, 2.05) is 6.07 Å². The number of fused-ring (bicyclic) bond motifs is 1. The third-order valence-electron chi connectivity index (χ3n) is 3.68. The zero-order chi connectivity index (χ0) is 15.5. The second kappa shape index (κ2) is 6.63. The standard InChI is InChI=1S/C17H18ClN3S/c1-3-4-10-21(2)15-14-13(12-8-6-5-7-9-12)11-22-16(14)20-17(18)19-15/h5-9,11H,3-4,10H2,1-2H3. The van der Waals surface area contributed by atoms with Gasteiger partial charge in [0.2, 0.25) is 5.28 Å². The molecular weight excluding hydrogens is 314 g/mol. The Hall–Kier alpha value is -1.65. The lowest BCUT2D eigenvalue weighted by atomic mass is 10.1. The Kier molecular flexibility index (Phi) is 4.60. The highest BCUT2D eigenvalue weighted by Gasteiger charge is 2.17. The molecule has 0 saturated heterocycles. The number of hydrogen-bond donors (Lipinski definition) is 0.